The highest BCUT2D eigenvalue weighted by molar-refractivity contribution is 5.82. The first-order valence-electron chi connectivity index (χ1n) is 8.79. The summed E-state index contributed by atoms with van der Waals surface area (Å²) in [6.07, 6.45) is 7.11. The van der Waals surface area contributed by atoms with Gasteiger partial charge in [-0.2, -0.15) is 5.10 Å². The zero-order chi connectivity index (χ0) is 16.4. The van der Waals surface area contributed by atoms with E-state index in [1.807, 2.05) is 16.9 Å². The van der Waals surface area contributed by atoms with Crippen molar-refractivity contribution in [3.05, 3.63) is 53.9 Å². The first-order valence-corrected chi connectivity index (χ1v) is 8.79. The number of nitrogens with one attached hydrogen (secondary N) is 2. The Labute approximate surface area is 142 Å². The Balaban J connectivity index is 1.28. The lowest BCUT2D eigenvalue weighted by molar-refractivity contribution is -0.123. The molecule has 2 fully saturated rings. The Morgan fingerprint density at radius 1 is 1.25 bits per heavy atom. The molecule has 1 atom stereocenters. The van der Waals surface area contributed by atoms with Gasteiger partial charge in [0.25, 0.3) is 0 Å². The van der Waals surface area contributed by atoms with Crippen molar-refractivity contribution in [2.24, 2.45) is 11.3 Å². The number of carbonyl (C=O) groups is 1. The van der Waals surface area contributed by atoms with Crippen molar-refractivity contribution in [2.75, 3.05) is 13.1 Å². The molecule has 1 aromatic heterocycles. The van der Waals surface area contributed by atoms with Gasteiger partial charge >= 0.3 is 0 Å². The highest BCUT2D eigenvalue weighted by Crippen LogP contribution is 2.58. The molecule has 1 aliphatic carbocycles. The van der Waals surface area contributed by atoms with E-state index in [0.29, 0.717) is 12.0 Å². The molecule has 2 aromatic rings. The molecule has 5 heteroatoms. The number of hydrogen-bond donors (Lipinski definition) is 2. The lowest BCUT2D eigenvalue weighted by Gasteiger charge is -2.23. The SMILES string of the molecule is O=C(NCc1ccc(Cn2cccn2)cc1)C1CC12CCNCC2. The molecule has 2 heterocycles. The van der Waals surface area contributed by atoms with Gasteiger partial charge in [0.15, 0.2) is 0 Å². The van der Waals surface area contributed by atoms with E-state index in [1.165, 1.54) is 5.56 Å². The van der Waals surface area contributed by atoms with Crippen molar-refractivity contribution < 1.29 is 4.79 Å². The van der Waals surface area contributed by atoms with E-state index >= 15 is 0 Å². The van der Waals surface area contributed by atoms with E-state index in [1.54, 1.807) is 6.20 Å². The van der Waals surface area contributed by atoms with Crippen LogP contribution in [0.4, 0.5) is 0 Å². The number of aromatic nitrogens is 2. The molecule has 0 bridgehead atoms. The summed E-state index contributed by atoms with van der Waals surface area (Å²) in [6, 6.07) is 10.3. The molecule has 1 aromatic carbocycles. The zero-order valence-electron chi connectivity index (χ0n) is 13.9. The summed E-state index contributed by atoms with van der Waals surface area (Å²) in [6.45, 7) is 3.51. The normalized spacial score (nSPS) is 21.6. The lowest BCUT2D eigenvalue weighted by atomic mass is 9.92. The zero-order valence-corrected chi connectivity index (χ0v) is 13.9. The quantitative estimate of drug-likeness (QED) is 0.884. The van der Waals surface area contributed by atoms with Crippen LogP contribution in [0.5, 0.6) is 0 Å². The highest BCUT2D eigenvalue weighted by Gasteiger charge is 2.57. The second-order valence-electron chi connectivity index (χ2n) is 7.11. The molecule has 1 unspecified atom stereocenters. The van der Waals surface area contributed by atoms with Gasteiger partial charge in [0.05, 0.1) is 6.54 Å². The number of rotatable bonds is 5. The highest BCUT2D eigenvalue weighted by atomic mass is 16.2. The number of carbonyl (C=O) groups excluding carboxylic acids is 1. The summed E-state index contributed by atoms with van der Waals surface area (Å²) in [5.41, 5.74) is 2.67. The van der Waals surface area contributed by atoms with E-state index in [0.717, 1.165) is 44.5 Å². The topological polar surface area (TPSA) is 59.0 Å². The van der Waals surface area contributed by atoms with Crippen LogP contribution >= 0.6 is 0 Å². The van der Waals surface area contributed by atoms with Crippen molar-refractivity contribution in [3.8, 4) is 0 Å². The van der Waals surface area contributed by atoms with Crippen molar-refractivity contribution in [1.29, 1.82) is 0 Å². The second kappa shape index (κ2) is 6.40. The minimum Gasteiger partial charge on any atom is -0.352 e. The molecule has 5 nitrogen and oxygen atoms in total. The van der Waals surface area contributed by atoms with Crippen LogP contribution in [0.3, 0.4) is 0 Å². The molecule has 4 rings (SSSR count). The van der Waals surface area contributed by atoms with Crippen LogP contribution in [0.2, 0.25) is 0 Å². The third kappa shape index (κ3) is 3.22. The summed E-state index contributed by atoms with van der Waals surface area (Å²) < 4.78 is 1.91. The fraction of sp³-hybridized carbons (Fsp3) is 0.474. The van der Waals surface area contributed by atoms with Gasteiger partial charge in [-0.1, -0.05) is 24.3 Å². The van der Waals surface area contributed by atoms with Crippen LogP contribution in [0.1, 0.15) is 30.4 Å². The molecule has 1 saturated heterocycles. The Kier molecular flexibility index (Phi) is 4.10. The van der Waals surface area contributed by atoms with Crippen LogP contribution in [0.15, 0.2) is 42.7 Å². The predicted octanol–water partition coefficient (Wildman–Crippen LogP) is 1.94. The van der Waals surface area contributed by atoms with Crippen molar-refractivity contribution in [3.63, 3.8) is 0 Å². The number of hydrogen-bond acceptors (Lipinski definition) is 3. The predicted molar refractivity (Wildman–Crippen MR) is 92.3 cm³/mol. The van der Waals surface area contributed by atoms with Gasteiger partial charge < -0.3 is 10.6 Å². The maximum absolute atomic E-state index is 12.4. The minimum atomic E-state index is 0.234. The molecule has 1 aliphatic heterocycles. The van der Waals surface area contributed by atoms with E-state index in [9.17, 15) is 4.79 Å². The monoisotopic (exact) mass is 324 g/mol. The number of piperidine rings is 1. The van der Waals surface area contributed by atoms with Crippen LogP contribution in [0.25, 0.3) is 0 Å². The van der Waals surface area contributed by atoms with E-state index < -0.39 is 0 Å². The fourth-order valence-electron chi connectivity index (χ4n) is 3.85. The molecule has 1 spiro atoms. The van der Waals surface area contributed by atoms with Gasteiger partial charge in [-0.15, -0.1) is 0 Å². The summed E-state index contributed by atoms with van der Waals surface area (Å²) in [5.74, 6) is 0.469. The molecule has 1 amide bonds. The number of nitrogens with zero attached hydrogens (tertiary/aromatic N) is 2. The summed E-state index contributed by atoms with van der Waals surface area (Å²) in [5, 5.41) is 10.7. The summed E-state index contributed by atoms with van der Waals surface area (Å²) >= 11 is 0. The first-order chi connectivity index (χ1) is 11.8. The standard InChI is InChI=1S/C19H24N4O/c24-18(17-12-19(17)6-9-20-10-7-19)21-13-15-2-4-16(5-3-15)14-23-11-1-8-22-23/h1-5,8,11,17,20H,6-7,9-10,12-14H2,(H,21,24). The Hall–Kier alpha value is -2.14. The molecule has 2 aliphatic rings. The van der Waals surface area contributed by atoms with Crippen molar-refractivity contribution in [1.82, 2.24) is 20.4 Å². The van der Waals surface area contributed by atoms with Gasteiger partial charge in [-0.25, -0.2) is 0 Å². The average Bonchev–Trinajstić information content (AvgIpc) is 3.05. The van der Waals surface area contributed by atoms with Gasteiger partial charge in [0, 0.05) is 24.9 Å². The maximum atomic E-state index is 12.4. The molecule has 24 heavy (non-hydrogen) atoms. The van der Waals surface area contributed by atoms with Gasteiger partial charge in [0.2, 0.25) is 5.91 Å². The summed E-state index contributed by atoms with van der Waals surface area (Å²) in [4.78, 5) is 12.4. The molecular weight excluding hydrogens is 300 g/mol. The fourth-order valence-corrected chi connectivity index (χ4v) is 3.85. The third-order valence-electron chi connectivity index (χ3n) is 5.50. The molecule has 0 radical (unpaired) electrons. The van der Waals surface area contributed by atoms with Gasteiger partial charge in [-0.05, 0) is 55.0 Å². The van der Waals surface area contributed by atoms with Crippen LogP contribution in [0, 0.1) is 11.3 Å². The lowest BCUT2D eigenvalue weighted by Crippen LogP contribution is -2.33. The largest absolute Gasteiger partial charge is 0.352 e. The van der Waals surface area contributed by atoms with Gasteiger partial charge in [-0.3, -0.25) is 9.48 Å². The molecular formula is C19H24N4O. The van der Waals surface area contributed by atoms with Crippen LogP contribution in [-0.4, -0.2) is 28.8 Å². The minimum absolute atomic E-state index is 0.234. The smallest absolute Gasteiger partial charge is 0.223 e. The third-order valence-corrected chi connectivity index (χ3v) is 5.50. The number of benzene rings is 1. The van der Waals surface area contributed by atoms with E-state index in [-0.39, 0.29) is 11.8 Å². The van der Waals surface area contributed by atoms with E-state index in [2.05, 4.69) is 40.0 Å². The Morgan fingerprint density at radius 2 is 2.00 bits per heavy atom. The van der Waals surface area contributed by atoms with Crippen molar-refractivity contribution >= 4 is 5.91 Å². The average molecular weight is 324 g/mol. The maximum Gasteiger partial charge on any atom is 0.223 e. The molecule has 1 saturated carbocycles. The van der Waals surface area contributed by atoms with Crippen LogP contribution < -0.4 is 10.6 Å². The Bertz CT molecular complexity index is 687. The first kappa shape index (κ1) is 15.4. The van der Waals surface area contributed by atoms with Crippen molar-refractivity contribution in [2.45, 2.75) is 32.4 Å². The van der Waals surface area contributed by atoms with E-state index in [4.69, 9.17) is 0 Å². The summed E-state index contributed by atoms with van der Waals surface area (Å²) in [7, 11) is 0. The second-order valence-corrected chi connectivity index (χ2v) is 7.11. The molecule has 2 N–H and O–H groups in total. The van der Waals surface area contributed by atoms with Crippen LogP contribution in [-0.2, 0) is 17.9 Å². The Morgan fingerprint density at radius 3 is 2.71 bits per heavy atom. The molecule has 126 valence electrons. The number of amides is 1. The van der Waals surface area contributed by atoms with Gasteiger partial charge in [0.1, 0.15) is 0 Å².